The van der Waals surface area contributed by atoms with E-state index in [1.807, 2.05) is 42.5 Å². The third kappa shape index (κ3) is 3.89. The Morgan fingerprint density at radius 2 is 2.05 bits per heavy atom. The summed E-state index contributed by atoms with van der Waals surface area (Å²) in [5.41, 5.74) is 8.65. The molecule has 3 N–H and O–H groups in total. The lowest BCUT2D eigenvalue weighted by Crippen LogP contribution is -2.13. The van der Waals surface area contributed by atoms with Gasteiger partial charge in [-0.05, 0) is 30.0 Å². The third-order valence-corrected chi connectivity index (χ3v) is 4.07. The van der Waals surface area contributed by atoms with E-state index in [-0.39, 0.29) is 0 Å². The second kappa shape index (κ2) is 7.33. The molecule has 0 saturated heterocycles. The zero-order valence-corrected chi connectivity index (χ0v) is 13.7. The molecule has 0 aliphatic carbocycles. The summed E-state index contributed by atoms with van der Waals surface area (Å²) in [7, 11) is 1.65. The molecular weight excluding hydrogens is 300 g/mol. The molecule has 5 heteroatoms. The number of thioether (sulfide) groups is 1. The van der Waals surface area contributed by atoms with Crippen LogP contribution in [0.3, 0.4) is 0 Å². The molecule has 0 aliphatic rings. The largest absolute Gasteiger partial charge is 0.497 e. The normalized spacial score (nSPS) is 10.2. The third-order valence-electron chi connectivity index (χ3n) is 2.92. The summed E-state index contributed by atoms with van der Waals surface area (Å²) in [6.45, 7) is 2.11. The van der Waals surface area contributed by atoms with Crippen LogP contribution in [-0.2, 0) is 0 Å². The van der Waals surface area contributed by atoms with Crippen molar-refractivity contribution >= 4 is 40.3 Å². The minimum absolute atomic E-state index is 0.400. The van der Waals surface area contributed by atoms with Crippen molar-refractivity contribution in [2.24, 2.45) is 5.73 Å². The summed E-state index contributed by atoms with van der Waals surface area (Å²) in [6.07, 6.45) is 0. The SMILES string of the molecule is CCSc1cccc(Nc2cccc(OC)c2)c1C(N)=S. The molecule has 0 atom stereocenters. The summed E-state index contributed by atoms with van der Waals surface area (Å²) in [4.78, 5) is 1.50. The lowest BCUT2D eigenvalue weighted by atomic mass is 10.1. The maximum Gasteiger partial charge on any atom is 0.120 e. The van der Waals surface area contributed by atoms with Crippen LogP contribution in [0.25, 0.3) is 0 Å². The number of anilines is 2. The van der Waals surface area contributed by atoms with E-state index in [1.165, 1.54) is 0 Å². The van der Waals surface area contributed by atoms with Crippen LogP contribution in [0, 0.1) is 0 Å². The van der Waals surface area contributed by atoms with Gasteiger partial charge in [-0.25, -0.2) is 0 Å². The number of nitrogens with two attached hydrogens (primary N) is 1. The highest BCUT2D eigenvalue weighted by Crippen LogP contribution is 2.31. The summed E-state index contributed by atoms with van der Waals surface area (Å²) in [5, 5.41) is 3.37. The lowest BCUT2D eigenvalue weighted by molar-refractivity contribution is 0.415. The smallest absolute Gasteiger partial charge is 0.120 e. The first-order valence-corrected chi connectivity index (χ1v) is 8.01. The minimum atomic E-state index is 0.400. The van der Waals surface area contributed by atoms with Crippen molar-refractivity contribution in [3.05, 3.63) is 48.0 Å². The van der Waals surface area contributed by atoms with Gasteiger partial charge in [-0.3, -0.25) is 0 Å². The molecule has 110 valence electrons. The van der Waals surface area contributed by atoms with Gasteiger partial charge in [-0.2, -0.15) is 0 Å². The van der Waals surface area contributed by atoms with Crippen LogP contribution < -0.4 is 15.8 Å². The minimum Gasteiger partial charge on any atom is -0.497 e. The van der Waals surface area contributed by atoms with E-state index in [9.17, 15) is 0 Å². The first-order chi connectivity index (χ1) is 10.2. The Morgan fingerprint density at radius 1 is 1.29 bits per heavy atom. The Hall–Kier alpha value is -1.72. The molecule has 0 saturated carbocycles. The van der Waals surface area contributed by atoms with E-state index in [1.54, 1.807) is 18.9 Å². The summed E-state index contributed by atoms with van der Waals surface area (Å²) in [5.74, 6) is 1.77. The number of thiocarbonyl (C=S) groups is 1. The number of benzene rings is 2. The number of hydrogen-bond donors (Lipinski definition) is 2. The molecule has 0 spiro atoms. The summed E-state index contributed by atoms with van der Waals surface area (Å²) < 4.78 is 5.24. The van der Waals surface area contributed by atoms with Crippen molar-refractivity contribution in [1.29, 1.82) is 0 Å². The lowest BCUT2D eigenvalue weighted by Gasteiger charge is -2.15. The highest BCUT2D eigenvalue weighted by atomic mass is 32.2. The topological polar surface area (TPSA) is 47.3 Å². The number of hydrogen-bond acceptors (Lipinski definition) is 4. The zero-order chi connectivity index (χ0) is 15.2. The second-order valence-electron chi connectivity index (χ2n) is 4.33. The Balaban J connectivity index is 2.38. The Kier molecular flexibility index (Phi) is 5.47. The van der Waals surface area contributed by atoms with Crippen LogP contribution in [0.2, 0.25) is 0 Å². The van der Waals surface area contributed by atoms with Gasteiger partial charge >= 0.3 is 0 Å². The van der Waals surface area contributed by atoms with Crippen LogP contribution in [-0.4, -0.2) is 17.9 Å². The van der Waals surface area contributed by atoms with Crippen molar-refractivity contribution in [1.82, 2.24) is 0 Å². The molecule has 0 bridgehead atoms. The van der Waals surface area contributed by atoms with E-state index in [0.717, 1.165) is 33.3 Å². The monoisotopic (exact) mass is 318 g/mol. The number of methoxy groups -OCH3 is 1. The van der Waals surface area contributed by atoms with Gasteiger partial charge in [0, 0.05) is 27.9 Å². The first kappa shape index (κ1) is 15.7. The van der Waals surface area contributed by atoms with Gasteiger partial charge < -0.3 is 15.8 Å². The fourth-order valence-corrected chi connectivity index (χ4v) is 3.16. The molecule has 0 aliphatic heterocycles. The fourth-order valence-electron chi connectivity index (χ4n) is 2.02. The molecule has 2 aromatic carbocycles. The Bertz CT molecular complexity index is 644. The zero-order valence-electron chi connectivity index (χ0n) is 12.1. The molecule has 0 aromatic heterocycles. The van der Waals surface area contributed by atoms with Gasteiger partial charge in [0.05, 0.1) is 7.11 Å². The highest BCUT2D eigenvalue weighted by molar-refractivity contribution is 7.99. The van der Waals surface area contributed by atoms with E-state index < -0.39 is 0 Å². The van der Waals surface area contributed by atoms with E-state index in [0.29, 0.717) is 4.99 Å². The maximum atomic E-state index is 5.91. The first-order valence-electron chi connectivity index (χ1n) is 6.62. The van der Waals surface area contributed by atoms with Gasteiger partial charge in [-0.1, -0.05) is 31.3 Å². The molecule has 3 nitrogen and oxygen atoms in total. The van der Waals surface area contributed by atoms with E-state index in [4.69, 9.17) is 22.7 Å². The standard InChI is InChI=1S/C16H18N2OS2/c1-3-21-14-9-5-8-13(15(14)16(17)20)18-11-6-4-7-12(10-11)19-2/h4-10,18H,3H2,1-2H3,(H2,17,20). The van der Waals surface area contributed by atoms with Crippen molar-refractivity contribution in [2.45, 2.75) is 11.8 Å². The maximum absolute atomic E-state index is 5.91. The predicted molar refractivity (Wildman–Crippen MR) is 95.0 cm³/mol. The Labute approximate surface area is 134 Å². The molecule has 0 amide bonds. The molecule has 2 aromatic rings. The average Bonchev–Trinajstić information content (AvgIpc) is 2.47. The van der Waals surface area contributed by atoms with Crippen molar-refractivity contribution in [2.75, 3.05) is 18.2 Å². The molecule has 2 rings (SSSR count). The summed E-state index contributed by atoms with van der Waals surface area (Å²) >= 11 is 6.95. The summed E-state index contributed by atoms with van der Waals surface area (Å²) in [6, 6.07) is 13.8. The van der Waals surface area contributed by atoms with Gasteiger partial charge in [0.15, 0.2) is 0 Å². The van der Waals surface area contributed by atoms with Gasteiger partial charge in [0.25, 0.3) is 0 Å². The quantitative estimate of drug-likeness (QED) is 0.618. The number of nitrogens with one attached hydrogen (secondary N) is 1. The average molecular weight is 318 g/mol. The fraction of sp³-hybridized carbons (Fsp3) is 0.188. The van der Waals surface area contributed by atoms with E-state index >= 15 is 0 Å². The second-order valence-corrected chi connectivity index (χ2v) is 6.08. The van der Waals surface area contributed by atoms with Crippen molar-refractivity contribution in [3.8, 4) is 5.75 Å². The Morgan fingerprint density at radius 3 is 2.71 bits per heavy atom. The molecule has 0 unspecified atom stereocenters. The van der Waals surface area contributed by atoms with Gasteiger partial charge in [0.1, 0.15) is 10.7 Å². The van der Waals surface area contributed by atoms with E-state index in [2.05, 4.69) is 12.2 Å². The highest BCUT2D eigenvalue weighted by Gasteiger charge is 2.11. The van der Waals surface area contributed by atoms with Crippen molar-refractivity contribution in [3.63, 3.8) is 0 Å². The van der Waals surface area contributed by atoms with Crippen LogP contribution in [0.5, 0.6) is 5.75 Å². The van der Waals surface area contributed by atoms with Crippen molar-refractivity contribution < 1.29 is 4.74 Å². The number of ether oxygens (including phenoxy) is 1. The van der Waals surface area contributed by atoms with Crippen LogP contribution in [0.1, 0.15) is 12.5 Å². The molecule has 0 radical (unpaired) electrons. The van der Waals surface area contributed by atoms with Crippen LogP contribution in [0.15, 0.2) is 47.4 Å². The molecule has 21 heavy (non-hydrogen) atoms. The molecule has 0 heterocycles. The number of rotatable bonds is 6. The van der Waals surface area contributed by atoms with Gasteiger partial charge in [-0.15, -0.1) is 11.8 Å². The molecular formula is C16H18N2OS2. The van der Waals surface area contributed by atoms with Gasteiger partial charge in [0.2, 0.25) is 0 Å². The molecule has 0 fully saturated rings. The van der Waals surface area contributed by atoms with Crippen LogP contribution in [0.4, 0.5) is 11.4 Å². The van der Waals surface area contributed by atoms with Crippen LogP contribution >= 0.6 is 24.0 Å². The predicted octanol–water partition coefficient (Wildman–Crippen LogP) is 4.19.